The fraction of sp³-hybridized carbons (Fsp3) is 0.167. The number of pyridine rings is 1. The first-order valence-corrected chi connectivity index (χ1v) is 4.10. The van der Waals surface area contributed by atoms with E-state index in [1.54, 1.807) is 0 Å². The summed E-state index contributed by atoms with van der Waals surface area (Å²) in [6.45, 7) is 0. The zero-order valence-corrected chi connectivity index (χ0v) is 9.41. The highest BCUT2D eigenvalue weighted by atomic mass is 79.9. The van der Waals surface area contributed by atoms with E-state index in [-0.39, 0.29) is 22.0 Å². The minimum absolute atomic E-state index is 0. The van der Waals surface area contributed by atoms with E-state index < -0.39 is 5.82 Å². The van der Waals surface area contributed by atoms with E-state index >= 15 is 0 Å². The lowest BCUT2D eigenvalue weighted by Crippen LogP contribution is -1.90. The lowest BCUT2D eigenvalue weighted by Gasteiger charge is -1.96. The highest BCUT2D eigenvalue weighted by Crippen LogP contribution is 2.16. The van der Waals surface area contributed by atoms with Crippen molar-refractivity contribution < 1.29 is 4.39 Å². The average Bonchev–Trinajstić information content (AvgIpc) is 1.95. The van der Waals surface area contributed by atoms with Crippen molar-refractivity contribution in [2.24, 2.45) is 0 Å². The number of hydrogen-bond donors (Lipinski definition) is 0. The summed E-state index contributed by atoms with van der Waals surface area (Å²) in [5.74, 6) is -0.443. The molecule has 0 saturated heterocycles. The molecule has 0 saturated carbocycles. The van der Waals surface area contributed by atoms with Crippen LogP contribution in [-0.2, 0) is 5.33 Å². The molecule has 0 aliphatic carbocycles. The van der Waals surface area contributed by atoms with E-state index in [9.17, 15) is 4.39 Å². The van der Waals surface area contributed by atoms with Crippen molar-refractivity contribution in [1.82, 2.24) is 4.98 Å². The van der Waals surface area contributed by atoms with Gasteiger partial charge >= 0.3 is 0 Å². The Labute approximate surface area is 87.9 Å². The van der Waals surface area contributed by atoms with Gasteiger partial charge in [-0.2, -0.15) is 0 Å². The van der Waals surface area contributed by atoms with Crippen molar-refractivity contribution in [2.75, 3.05) is 0 Å². The molecule has 0 N–H and O–H groups in total. The maximum atomic E-state index is 12.8. The molecule has 1 heterocycles. The summed E-state index contributed by atoms with van der Waals surface area (Å²) in [4.78, 5) is 3.75. The van der Waals surface area contributed by atoms with Crippen molar-refractivity contribution in [1.29, 1.82) is 0 Å². The van der Waals surface area contributed by atoms with Crippen LogP contribution in [-0.4, -0.2) is 4.98 Å². The molecule has 0 spiro atoms. The smallest absolute Gasteiger partial charge is 0.164 e. The molecular formula is C6H5Br2ClFN. The van der Waals surface area contributed by atoms with E-state index in [2.05, 4.69) is 20.9 Å². The van der Waals surface area contributed by atoms with Gasteiger partial charge in [0.15, 0.2) is 5.82 Å². The maximum absolute atomic E-state index is 12.8. The van der Waals surface area contributed by atoms with Gasteiger partial charge in [-0.1, -0.05) is 27.5 Å². The van der Waals surface area contributed by atoms with Crippen molar-refractivity contribution in [3.8, 4) is 0 Å². The highest BCUT2D eigenvalue weighted by Gasteiger charge is 2.04. The van der Waals surface area contributed by atoms with E-state index in [4.69, 9.17) is 11.6 Å². The standard InChI is InChI=1S/C6H4BrClFN.BrH/c7-3-5-6(9)4(8)1-2-10-5;/h1-2H,3H2;1H. The summed E-state index contributed by atoms with van der Waals surface area (Å²) in [5.41, 5.74) is 0.340. The van der Waals surface area contributed by atoms with Crippen LogP contribution in [0.3, 0.4) is 0 Å². The Morgan fingerprint density at radius 3 is 2.73 bits per heavy atom. The first kappa shape index (κ1) is 11.3. The van der Waals surface area contributed by atoms with Gasteiger partial charge in [0.25, 0.3) is 0 Å². The van der Waals surface area contributed by atoms with Crippen molar-refractivity contribution in [3.63, 3.8) is 0 Å². The van der Waals surface area contributed by atoms with Crippen LogP contribution < -0.4 is 0 Å². The highest BCUT2D eigenvalue weighted by molar-refractivity contribution is 9.08. The van der Waals surface area contributed by atoms with Gasteiger partial charge in [-0.15, -0.1) is 17.0 Å². The topological polar surface area (TPSA) is 12.9 Å². The van der Waals surface area contributed by atoms with Gasteiger partial charge in [-0.25, -0.2) is 4.39 Å². The number of rotatable bonds is 1. The third-order valence-corrected chi connectivity index (χ3v) is 1.86. The van der Waals surface area contributed by atoms with Crippen molar-refractivity contribution in [3.05, 3.63) is 28.8 Å². The summed E-state index contributed by atoms with van der Waals surface area (Å²) in [7, 11) is 0. The Morgan fingerprint density at radius 2 is 2.27 bits per heavy atom. The third-order valence-electron chi connectivity index (χ3n) is 1.04. The monoisotopic (exact) mass is 303 g/mol. The quantitative estimate of drug-likeness (QED) is 0.725. The Morgan fingerprint density at radius 1 is 1.64 bits per heavy atom. The van der Waals surface area contributed by atoms with Crippen LogP contribution in [0.2, 0.25) is 5.02 Å². The van der Waals surface area contributed by atoms with Crippen LogP contribution in [0.25, 0.3) is 0 Å². The van der Waals surface area contributed by atoms with E-state index in [0.29, 0.717) is 11.0 Å². The van der Waals surface area contributed by atoms with Crippen molar-refractivity contribution in [2.45, 2.75) is 5.33 Å². The molecule has 0 aliphatic rings. The molecule has 62 valence electrons. The lowest BCUT2D eigenvalue weighted by atomic mass is 10.4. The Hall–Kier alpha value is 0.330. The predicted molar refractivity (Wildman–Crippen MR) is 52.2 cm³/mol. The minimum Gasteiger partial charge on any atom is -0.257 e. The molecule has 0 unspecified atom stereocenters. The molecule has 1 rings (SSSR count). The molecule has 0 aromatic carbocycles. The molecule has 1 aromatic rings. The first-order chi connectivity index (χ1) is 4.75. The van der Waals surface area contributed by atoms with Crippen LogP contribution in [0.15, 0.2) is 12.3 Å². The van der Waals surface area contributed by atoms with Gasteiger partial charge < -0.3 is 0 Å². The summed E-state index contributed by atoms with van der Waals surface area (Å²) in [6.07, 6.45) is 1.47. The molecular weight excluding hydrogens is 300 g/mol. The number of hydrogen-bond acceptors (Lipinski definition) is 1. The second-order valence-corrected chi connectivity index (χ2v) is 2.66. The number of alkyl halides is 1. The van der Waals surface area contributed by atoms with Crippen LogP contribution in [0.5, 0.6) is 0 Å². The Kier molecular flexibility index (Phi) is 5.21. The van der Waals surface area contributed by atoms with Crippen LogP contribution in [0.4, 0.5) is 4.39 Å². The van der Waals surface area contributed by atoms with Gasteiger partial charge in [-0.05, 0) is 6.07 Å². The summed E-state index contributed by atoms with van der Waals surface area (Å²) in [6, 6.07) is 1.42. The molecule has 0 aliphatic heterocycles. The molecule has 0 atom stereocenters. The molecule has 5 heteroatoms. The van der Waals surface area contributed by atoms with E-state index in [0.717, 1.165) is 0 Å². The maximum Gasteiger partial charge on any atom is 0.164 e. The number of halogens is 4. The third kappa shape index (κ3) is 2.69. The molecule has 0 bridgehead atoms. The number of aromatic nitrogens is 1. The summed E-state index contributed by atoms with van der Waals surface area (Å²) >= 11 is 8.54. The summed E-state index contributed by atoms with van der Waals surface area (Å²) < 4.78 is 12.8. The largest absolute Gasteiger partial charge is 0.257 e. The Bertz CT molecular complexity index is 244. The second-order valence-electron chi connectivity index (χ2n) is 1.69. The average molecular weight is 305 g/mol. The second kappa shape index (κ2) is 5.06. The number of nitrogens with zero attached hydrogens (tertiary/aromatic N) is 1. The minimum atomic E-state index is -0.443. The molecule has 1 aromatic heterocycles. The molecule has 1 nitrogen and oxygen atoms in total. The predicted octanol–water partition coefficient (Wildman–Crippen LogP) is 3.35. The Balaban J connectivity index is 0.000001000. The van der Waals surface area contributed by atoms with Crippen molar-refractivity contribution >= 4 is 44.5 Å². The van der Waals surface area contributed by atoms with Gasteiger partial charge in [0, 0.05) is 11.5 Å². The van der Waals surface area contributed by atoms with E-state index in [1.807, 2.05) is 0 Å². The molecule has 0 fully saturated rings. The SMILES string of the molecule is Br.Fc1c(Cl)ccnc1CBr. The van der Waals surface area contributed by atoms with Gasteiger partial charge in [0.2, 0.25) is 0 Å². The zero-order chi connectivity index (χ0) is 7.56. The van der Waals surface area contributed by atoms with E-state index in [1.165, 1.54) is 12.3 Å². The van der Waals surface area contributed by atoms with Gasteiger partial charge in [0.05, 0.1) is 10.7 Å². The lowest BCUT2D eigenvalue weighted by molar-refractivity contribution is 0.609. The fourth-order valence-electron chi connectivity index (χ4n) is 0.554. The van der Waals surface area contributed by atoms with Gasteiger partial charge in [-0.3, -0.25) is 4.98 Å². The first-order valence-electron chi connectivity index (χ1n) is 2.60. The zero-order valence-electron chi connectivity index (χ0n) is 5.35. The van der Waals surface area contributed by atoms with Crippen LogP contribution in [0.1, 0.15) is 5.69 Å². The van der Waals surface area contributed by atoms with Gasteiger partial charge in [0.1, 0.15) is 0 Å². The normalized spacial score (nSPS) is 9.00. The van der Waals surface area contributed by atoms with Crippen LogP contribution in [0, 0.1) is 5.82 Å². The fourth-order valence-corrected chi connectivity index (χ4v) is 1.11. The van der Waals surface area contributed by atoms with Crippen LogP contribution >= 0.6 is 44.5 Å². The molecule has 0 radical (unpaired) electrons. The molecule has 11 heavy (non-hydrogen) atoms. The molecule has 0 amide bonds. The summed E-state index contributed by atoms with van der Waals surface area (Å²) in [5, 5.41) is 0.504.